The van der Waals surface area contributed by atoms with Crippen molar-refractivity contribution in [3.63, 3.8) is 0 Å². The Morgan fingerprint density at radius 3 is 2.38 bits per heavy atom. The van der Waals surface area contributed by atoms with Gasteiger partial charge in [-0.25, -0.2) is 0 Å². The average molecular weight is 372 g/mol. The summed E-state index contributed by atoms with van der Waals surface area (Å²) in [7, 11) is 0. The minimum Gasteiger partial charge on any atom is -0.368 e. The van der Waals surface area contributed by atoms with Gasteiger partial charge in [0.25, 0.3) is 5.91 Å². The zero-order chi connectivity index (χ0) is 18.4. The molecule has 1 fully saturated rings. The Bertz CT molecular complexity index is 765. The zero-order valence-electron chi connectivity index (χ0n) is 14.2. The average Bonchev–Trinajstić information content (AvgIpc) is 3.35. The second-order valence-corrected chi connectivity index (χ2v) is 6.96. The smallest absolute Gasteiger partial charge is 0.253 e. The molecule has 3 rings (SSSR count). The number of anilines is 2. The van der Waals surface area contributed by atoms with Gasteiger partial charge in [0.05, 0.1) is 4.88 Å². The number of carbonyl (C=O) groups is 3. The summed E-state index contributed by atoms with van der Waals surface area (Å²) in [6.45, 7) is 0.623. The van der Waals surface area contributed by atoms with Gasteiger partial charge >= 0.3 is 0 Å². The minimum atomic E-state index is -0.379. The lowest BCUT2D eigenvalue weighted by atomic mass is 10.2. The van der Waals surface area contributed by atoms with E-state index in [4.69, 9.17) is 4.74 Å². The molecule has 1 aliphatic rings. The highest BCUT2D eigenvalue weighted by atomic mass is 32.1. The third-order valence-corrected chi connectivity index (χ3v) is 4.94. The number of ketones is 1. The van der Waals surface area contributed by atoms with Crippen LogP contribution >= 0.6 is 11.3 Å². The molecule has 2 amide bonds. The van der Waals surface area contributed by atoms with E-state index in [2.05, 4.69) is 10.6 Å². The summed E-state index contributed by atoms with van der Waals surface area (Å²) in [5.41, 5.74) is 1.27. The van der Waals surface area contributed by atoms with E-state index in [1.165, 1.54) is 11.3 Å². The van der Waals surface area contributed by atoms with Crippen molar-refractivity contribution in [1.82, 2.24) is 0 Å². The third kappa shape index (κ3) is 5.00. The molecule has 1 atom stereocenters. The predicted molar refractivity (Wildman–Crippen MR) is 101 cm³/mol. The molecule has 136 valence electrons. The molecule has 1 unspecified atom stereocenters. The van der Waals surface area contributed by atoms with Gasteiger partial charge in [-0.05, 0) is 48.6 Å². The Kier molecular flexibility index (Phi) is 6.14. The summed E-state index contributed by atoms with van der Waals surface area (Å²) in [6, 6.07) is 10.4. The summed E-state index contributed by atoms with van der Waals surface area (Å²) < 4.78 is 5.34. The summed E-state index contributed by atoms with van der Waals surface area (Å²) >= 11 is 1.38. The number of thiophene rings is 1. The fourth-order valence-electron chi connectivity index (χ4n) is 2.66. The van der Waals surface area contributed by atoms with Crippen LogP contribution in [0.5, 0.6) is 0 Å². The van der Waals surface area contributed by atoms with E-state index in [0.29, 0.717) is 22.9 Å². The van der Waals surface area contributed by atoms with E-state index in [1.807, 2.05) is 11.4 Å². The van der Waals surface area contributed by atoms with Gasteiger partial charge in [0.2, 0.25) is 5.91 Å². The van der Waals surface area contributed by atoms with E-state index >= 15 is 0 Å². The van der Waals surface area contributed by atoms with Crippen LogP contribution in [0.1, 0.15) is 35.4 Å². The Balaban J connectivity index is 1.45. The molecular weight excluding hydrogens is 352 g/mol. The monoisotopic (exact) mass is 372 g/mol. The number of rotatable bonds is 7. The molecule has 1 saturated heterocycles. The van der Waals surface area contributed by atoms with Crippen LogP contribution in [-0.2, 0) is 14.3 Å². The largest absolute Gasteiger partial charge is 0.368 e. The van der Waals surface area contributed by atoms with Crippen LogP contribution in [0.2, 0.25) is 0 Å². The molecule has 7 heteroatoms. The topological polar surface area (TPSA) is 84.5 Å². The van der Waals surface area contributed by atoms with Gasteiger partial charge in [0.15, 0.2) is 5.78 Å². The fourth-order valence-corrected chi connectivity index (χ4v) is 3.35. The van der Waals surface area contributed by atoms with E-state index in [1.54, 1.807) is 30.3 Å². The highest BCUT2D eigenvalue weighted by molar-refractivity contribution is 7.12. The second kappa shape index (κ2) is 8.73. The molecule has 1 aromatic heterocycles. The first kappa shape index (κ1) is 18.3. The predicted octanol–water partition coefficient (Wildman–Crippen LogP) is 3.47. The van der Waals surface area contributed by atoms with Crippen molar-refractivity contribution in [2.75, 3.05) is 17.2 Å². The van der Waals surface area contributed by atoms with E-state index in [9.17, 15) is 14.4 Å². The first-order valence-electron chi connectivity index (χ1n) is 8.51. The van der Waals surface area contributed by atoms with Crippen molar-refractivity contribution in [2.24, 2.45) is 0 Å². The molecule has 0 radical (unpaired) electrons. The number of nitrogens with one attached hydrogen (secondary N) is 2. The normalized spacial score (nSPS) is 16.2. The Hall–Kier alpha value is -2.51. The number of hydrogen-bond donors (Lipinski definition) is 2. The van der Waals surface area contributed by atoms with Crippen molar-refractivity contribution in [2.45, 2.75) is 31.8 Å². The van der Waals surface area contributed by atoms with Crippen LogP contribution in [0, 0.1) is 0 Å². The fraction of sp³-hybridized carbons (Fsp3) is 0.316. The lowest BCUT2D eigenvalue weighted by Gasteiger charge is -2.11. The lowest BCUT2D eigenvalue weighted by Crippen LogP contribution is -2.26. The van der Waals surface area contributed by atoms with Gasteiger partial charge < -0.3 is 15.4 Å². The molecule has 26 heavy (non-hydrogen) atoms. The molecule has 0 spiro atoms. The molecule has 2 N–H and O–H groups in total. The number of benzene rings is 1. The molecule has 0 saturated carbocycles. The number of hydrogen-bond acceptors (Lipinski definition) is 5. The van der Waals surface area contributed by atoms with E-state index < -0.39 is 0 Å². The molecule has 0 bridgehead atoms. The minimum absolute atomic E-state index is 0.0256. The van der Waals surface area contributed by atoms with Crippen LogP contribution in [0.25, 0.3) is 0 Å². The highest BCUT2D eigenvalue weighted by Gasteiger charge is 2.23. The standard InChI is InChI=1S/C19H20N2O4S/c22-15(17-4-2-12-26-17)9-10-18(23)20-13-5-7-14(8-6-13)21-19(24)16-3-1-11-25-16/h2,4-8,12,16H,1,3,9-11H2,(H,20,23)(H,21,24). The Morgan fingerprint density at radius 2 is 1.77 bits per heavy atom. The number of amides is 2. The maximum atomic E-state index is 12.0. The Labute approximate surface area is 155 Å². The molecule has 1 aliphatic heterocycles. The van der Waals surface area contributed by atoms with Crippen LogP contribution in [-0.4, -0.2) is 30.3 Å². The molecular formula is C19H20N2O4S. The number of ether oxygens (including phenoxy) is 1. The van der Waals surface area contributed by atoms with Crippen molar-refractivity contribution in [1.29, 1.82) is 0 Å². The third-order valence-electron chi connectivity index (χ3n) is 4.03. The number of Topliss-reactive ketones (excluding diaryl/α,β-unsaturated/α-hetero) is 1. The molecule has 2 aromatic rings. The highest BCUT2D eigenvalue weighted by Crippen LogP contribution is 2.18. The van der Waals surface area contributed by atoms with Crippen molar-refractivity contribution in [3.8, 4) is 0 Å². The van der Waals surface area contributed by atoms with Crippen LogP contribution in [0.15, 0.2) is 41.8 Å². The first-order chi connectivity index (χ1) is 12.6. The zero-order valence-corrected chi connectivity index (χ0v) is 15.0. The van der Waals surface area contributed by atoms with Crippen molar-refractivity contribution >= 4 is 40.3 Å². The van der Waals surface area contributed by atoms with Crippen LogP contribution < -0.4 is 10.6 Å². The van der Waals surface area contributed by atoms with Crippen molar-refractivity contribution < 1.29 is 19.1 Å². The van der Waals surface area contributed by atoms with Gasteiger partial charge in [0, 0.05) is 30.8 Å². The van der Waals surface area contributed by atoms with Crippen molar-refractivity contribution in [3.05, 3.63) is 46.7 Å². The maximum absolute atomic E-state index is 12.0. The quantitative estimate of drug-likeness (QED) is 0.729. The molecule has 2 heterocycles. The molecule has 0 aliphatic carbocycles. The van der Waals surface area contributed by atoms with Crippen LogP contribution in [0.4, 0.5) is 11.4 Å². The maximum Gasteiger partial charge on any atom is 0.253 e. The van der Waals surface area contributed by atoms with Gasteiger partial charge in [-0.3, -0.25) is 14.4 Å². The Morgan fingerprint density at radius 1 is 1.04 bits per heavy atom. The lowest BCUT2D eigenvalue weighted by molar-refractivity contribution is -0.124. The summed E-state index contributed by atoms with van der Waals surface area (Å²) in [5, 5.41) is 7.39. The van der Waals surface area contributed by atoms with Gasteiger partial charge in [0.1, 0.15) is 6.10 Å². The summed E-state index contributed by atoms with van der Waals surface area (Å²) in [5.74, 6) is -0.389. The number of carbonyl (C=O) groups excluding carboxylic acids is 3. The van der Waals surface area contributed by atoms with Gasteiger partial charge in [-0.1, -0.05) is 6.07 Å². The summed E-state index contributed by atoms with van der Waals surface area (Å²) in [6.07, 6.45) is 1.58. The second-order valence-electron chi connectivity index (χ2n) is 6.02. The van der Waals surface area contributed by atoms with Gasteiger partial charge in [-0.2, -0.15) is 0 Å². The molecule has 1 aromatic carbocycles. The van der Waals surface area contributed by atoms with Gasteiger partial charge in [-0.15, -0.1) is 11.3 Å². The van der Waals surface area contributed by atoms with E-state index in [0.717, 1.165) is 12.8 Å². The molecule has 6 nitrogen and oxygen atoms in total. The SMILES string of the molecule is O=C(CCC(=O)c1cccs1)Nc1ccc(NC(=O)C2CCCO2)cc1. The summed E-state index contributed by atoms with van der Waals surface area (Å²) in [4.78, 5) is 36.5. The van der Waals surface area contributed by atoms with E-state index in [-0.39, 0.29) is 36.5 Å². The first-order valence-corrected chi connectivity index (χ1v) is 9.39. The van der Waals surface area contributed by atoms with Crippen LogP contribution in [0.3, 0.4) is 0 Å².